The van der Waals surface area contributed by atoms with Gasteiger partial charge in [-0.05, 0) is 35.9 Å². The highest BCUT2D eigenvalue weighted by Crippen LogP contribution is 2.31. The molecular formula is C17H13NO4S. The van der Waals surface area contributed by atoms with Crippen molar-refractivity contribution in [2.24, 2.45) is 0 Å². The molecule has 2 rings (SSSR count). The Hall–Kier alpha value is -2.78. The largest absolute Gasteiger partial charge is 0.481 e. The standard InChI is InChI=1S/C17H13NO4S/c1-22-17(21)12-4-7-15(13(9-12)10-18)23-14-5-2-11(3-6-14)8-16(19)20/h2-7,9H,8H2,1H3,(H,19,20). The Morgan fingerprint density at radius 1 is 1.22 bits per heavy atom. The van der Waals surface area contributed by atoms with Crippen molar-refractivity contribution in [1.29, 1.82) is 5.26 Å². The van der Waals surface area contributed by atoms with Crippen LogP contribution in [0.4, 0.5) is 0 Å². The molecule has 0 aliphatic rings. The van der Waals surface area contributed by atoms with E-state index in [4.69, 9.17) is 5.11 Å². The van der Waals surface area contributed by atoms with E-state index in [9.17, 15) is 14.9 Å². The van der Waals surface area contributed by atoms with Gasteiger partial charge < -0.3 is 9.84 Å². The summed E-state index contributed by atoms with van der Waals surface area (Å²) in [7, 11) is 1.29. The molecule has 2 aromatic carbocycles. The number of nitrogens with zero attached hydrogens (tertiary/aromatic N) is 1. The van der Waals surface area contributed by atoms with Crippen LogP contribution in [-0.4, -0.2) is 24.2 Å². The monoisotopic (exact) mass is 327 g/mol. The van der Waals surface area contributed by atoms with Gasteiger partial charge in [0.25, 0.3) is 0 Å². The lowest BCUT2D eigenvalue weighted by molar-refractivity contribution is -0.136. The van der Waals surface area contributed by atoms with E-state index < -0.39 is 11.9 Å². The van der Waals surface area contributed by atoms with Gasteiger partial charge in [-0.3, -0.25) is 4.79 Å². The van der Waals surface area contributed by atoms with Crippen LogP contribution < -0.4 is 0 Å². The molecule has 0 aliphatic heterocycles. The van der Waals surface area contributed by atoms with E-state index in [1.54, 1.807) is 36.4 Å². The predicted octanol–water partition coefficient (Wildman–Crippen LogP) is 3.12. The van der Waals surface area contributed by atoms with Gasteiger partial charge in [0.1, 0.15) is 6.07 Å². The average Bonchev–Trinajstić information content (AvgIpc) is 2.55. The maximum Gasteiger partial charge on any atom is 0.337 e. The summed E-state index contributed by atoms with van der Waals surface area (Å²) < 4.78 is 4.64. The fourth-order valence-electron chi connectivity index (χ4n) is 1.93. The zero-order valence-corrected chi connectivity index (χ0v) is 13.1. The Kier molecular flexibility index (Phi) is 5.39. The summed E-state index contributed by atoms with van der Waals surface area (Å²) >= 11 is 1.37. The summed E-state index contributed by atoms with van der Waals surface area (Å²) in [5.41, 5.74) is 1.42. The van der Waals surface area contributed by atoms with Crippen LogP contribution in [-0.2, 0) is 16.0 Å². The predicted molar refractivity (Wildman–Crippen MR) is 84.4 cm³/mol. The molecule has 6 heteroatoms. The fraction of sp³-hybridized carbons (Fsp3) is 0.118. The molecule has 0 bridgehead atoms. The molecule has 23 heavy (non-hydrogen) atoms. The Morgan fingerprint density at radius 3 is 2.48 bits per heavy atom. The lowest BCUT2D eigenvalue weighted by Crippen LogP contribution is -2.01. The minimum atomic E-state index is -0.879. The van der Waals surface area contributed by atoms with E-state index >= 15 is 0 Å². The maximum absolute atomic E-state index is 11.5. The van der Waals surface area contributed by atoms with Gasteiger partial charge in [0.05, 0.1) is 24.7 Å². The van der Waals surface area contributed by atoms with Crippen molar-refractivity contribution < 1.29 is 19.4 Å². The Bertz CT molecular complexity index is 778. The van der Waals surface area contributed by atoms with Gasteiger partial charge in [-0.15, -0.1) is 0 Å². The Labute approximate surface area is 137 Å². The van der Waals surface area contributed by atoms with E-state index in [-0.39, 0.29) is 6.42 Å². The molecular weight excluding hydrogens is 314 g/mol. The number of ether oxygens (including phenoxy) is 1. The highest BCUT2D eigenvalue weighted by atomic mass is 32.2. The fourth-order valence-corrected chi connectivity index (χ4v) is 2.80. The summed E-state index contributed by atoms with van der Waals surface area (Å²) in [6, 6.07) is 13.9. The quantitative estimate of drug-likeness (QED) is 0.849. The van der Waals surface area contributed by atoms with Crippen molar-refractivity contribution >= 4 is 23.7 Å². The van der Waals surface area contributed by atoms with Crippen LogP contribution in [0.3, 0.4) is 0 Å². The number of rotatable bonds is 5. The van der Waals surface area contributed by atoms with Crippen LogP contribution >= 0.6 is 11.8 Å². The number of carbonyl (C=O) groups excluding carboxylic acids is 1. The van der Waals surface area contributed by atoms with Crippen LogP contribution in [0.5, 0.6) is 0 Å². The smallest absolute Gasteiger partial charge is 0.337 e. The summed E-state index contributed by atoms with van der Waals surface area (Å²) in [4.78, 5) is 23.7. The summed E-state index contributed by atoms with van der Waals surface area (Å²) in [5.74, 6) is -1.37. The molecule has 0 aliphatic carbocycles. The van der Waals surface area contributed by atoms with Crippen molar-refractivity contribution in [1.82, 2.24) is 0 Å². The molecule has 5 nitrogen and oxygen atoms in total. The topological polar surface area (TPSA) is 87.4 Å². The van der Waals surface area contributed by atoms with Crippen molar-refractivity contribution in [3.8, 4) is 6.07 Å². The third-order valence-electron chi connectivity index (χ3n) is 3.03. The van der Waals surface area contributed by atoms with Gasteiger partial charge in [0.15, 0.2) is 0 Å². The van der Waals surface area contributed by atoms with Crippen LogP contribution in [0, 0.1) is 11.3 Å². The highest BCUT2D eigenvalue weighted by Gasteiger charge is 2.11. The van der Waals surface area contributed by atoms with Crippen LogP contribution in [0.25, 0.3) is 0 Å². The second-order valence-corrected chi connectivity index (χ2v) is 5.75. The first-order valence-electron chi connectivity index (χ1n) is 6.64. The third kappa shape index (κ3) is 4.34. The van der Waals surface area contributed by atoms with Crippen LogP contribution in [0.15, 0.2) is 52.3 Å². The molecule has 116 valence electrons. The van der Waals surface area contributed by atoms with E-state index in [0.717, 1.165) is 4.90 Å². The number of carboxylic acid groups (broad SMARTS) is 1. The van der Waals surface area contributed by atoms with E-state index in [1.807, 2.05) is 0 Å². The molecule has 0 saturated carbocycles. The van der Waals surface area contributed by atoms with Gasteiger partial charge in [-0.1, -0.05) is 23.9 Å². The van der Waals surface area contributed by atoms with Crippen LogP contribution in [0.1, 0.15) is 21.5 Å². The van der Waals surface area contributed by atoms with E-state index in [2.05, 4.69) is 10.8 Å². The lowest BCUT2D eigenvalue weighted by Gasteiger charge is -2.07. The second kappa shape index (κ2) is 7.47. The van der Waals surface area contributed by atoms with Gasteiger partial charge in [0.2, 0.25) is 0 Å². The molecule has 0 amide bonds. The number of carbonyl (C=O) groups is 2. The number of benzene rings is 2. The summed E-state index contributed by atoms with van der Waals surface area (Å²) in [5, 5.41) is 18.0. The summed E-state index contributed by atoms with van der Waals surface area (Å²) in [6.45, 7) is 0. The lowest BCUT2D eigenvalue weighted by atomic mass is 10.1. The first-order valence-corrected chi connectivity index (χ1v) is 7.46. The SMILES string of the molecule is COC(=O)c1ccc(Sc2ccc(CC(=O)O)cc2)c(C#N)c1. The van der Waals surface area contributed by atoms with E-state index in [0.29, 0.717) is 21.6 Å². The zero-order valence-electron chi connectivity index (χ0n) is 12.3. The Morgan fingerprint density at radius 2 is 1.91 bits per heavy atom. The number of methoxy groups -OCH3 is 1. The van der Waals surface area contributed by atoms with Gasteiger partial charge in [-0.2, -0.15) is 5.26 Å². The number of aliphatic carboxylic acids is 1. The molecule has 0 spiro atoms. The number of esters is 1. The molecule has 0 unspecified atom stereocenters. The van der Waals surface area contributed by atoms with Crippen molar-refractivity contribution in [3.05, 3.63) is 59.2 Å². The first kappa shape index (κ1) is 16.6. The van der Waals surface area contributed by atoms with Crippen molar-refractivity contribution in [2.75, 3.05) is 7.11 Å². The molecule has 0 aromatic heterocycles. The number of hydrogen-bond donors (Lipinski definition) is 1. The van der Waals surface area contributed by atoms with Gasteiger partial charge in [0, 0.05) is 9.79 Å². The van der Waals surface area contributed by atoms with E-state index in [1.165, 1.54) is 24.9 Å². The Balaban J connectivity index is 2.21. The van der Waals surface area contributed by atoms with Gasteiger partial charge >= 0.3 is 11.9 Å². The minimum absolute atomic E-state index is 0.0256. The number of hydrogen-bond acceptors (Lipinski definition) is 5. The zero-order chi connectivity index (χ0) is 16.8. The van der Waals surface area contributed by atoms with Crippen molar-refractivity contribution in [2.45, 2.75) is 16.2 Å². The normalized spacial score (nSPS) is 9.91. The van der Waals surface area contributed by atoms with Crippen LogP contribution in [0.2, 0.25) is 0 Å². The number of carboxylic acids is 1. The molecule has 0 radical (unpaired) electrons. The molecule has 0 heterocycles. The molecule has 1 N–H and O–H groups in total. The summed E-state index contributed by atoms with van der Waals surface area (Å²) in [6.07, 6.45) is -0.0256. The maximum atomic E-state index is 11.5. The minimum Gasteiger partial charge on any atom is -0.481 e. The molecule has 0 atom stereocenters. The first-order chi connectivity index (χ1) is 11.0. The molecule has 0 fully saturated rings. The van der Waals surface area contributed by atoms with Gasteiger partial charge in [-0.25, -0.2) is 4.79 Å². The highest BCUT2D eigenvalue weighted by molar-refractivity contribution is 7.99. The second-order valence-electron chi connectivity index (χ2n) is 4.63. The molecule has 2 aromatic rings. The van der Waals surface area contributed by atoms with Crippen molar-refractivity contribution in [3.63, 3.8) is 0 Å². The average molecular weight is 327 g/mol. The third-order valence-corrected chi connectivity index (χ3v) is 4.11. The number of nitriles is 1. The molecule has 0 saturated heterocycles.